The van der Waals surface area contributed by atoms with Gasteiger partial charge >= 0.3 is 0 Å². The zero-order valence-electron chi connectivity index (χ0n) is 15.3. The fraction of sp³-hybridized carbons (Fsp3) is 0.722. The minimum atomic E-state index is -0.473. The molecule has 1 spiro atoms. The molecule has 142 valence electrons. The first-order chi connectivity index (χ1) is 12.5. The van der Waals surface area contributed by atoms with Crippen molar-refractivity contribution in [2.75, 3.05) is 32.1 Å². The fourth-order valence-corrected chi connectivity index (χ4v) is 5.18. The van der Waals surface area contributed by atoms with Gasteiger partial charge in [-0.2, -0.15) is 0 Å². The van der Waals surface area contributed by atoms with Crippen LogP contribution < -0.4 is 5.56 Å². The van der Waals surface area contributed by atoms with Crippen LogP contribution in [0, 0.1) is 12.8 Å². The first-order valence-corrected chi connectivity index (χ1v) is 10.3. The van der Waals surface area contributed by atoms with E-state index in [1.54, 1.807) is 4.57 Å². The number of aromatic nitrogens is 2. The van der Waals surface area contributed by atoms with Crippen molar-refractivity contribution in [3.05, 3.63) is 21.6 Å². The minimum Gasteiger partial charge on any atom is -0.347 e. The molecule has 1 aromatic heterocycles. The van der Waals surface area contributed by atoms with Crippen molar-refractivity contribution in [1.82, 2.24) is 14.5 Å². The lowest BCUT2D eigenvalue weighted by Crippen LogP contribution is -2.50. The zero-order chi connectivity index (χ0) is 18.3. The second-order valence-corrected chi connectivity index (χ2v) is 8.16. The standard InChI is InChI=1S/C18H25N3O4S/c1-3-14-12(2)19-17-21(16(14)23)10-13(11-26-17)15(22)20-6-4-18(5-7-20)24-8-9-25-18/h13H,3-11H2,1-2H3/t13-/m1/s1. The normalized spacial score (nSPS) is 24.7. The number of piperidine rings is 1. The molecule has 4 rings (SSSR count). The summed E-state index contributed by atoms with van der Waals surface area (Å²) in [5.41, 5.74) is 1.56. The Morgan fingerprint density at radius 2 is 2.00 bits per heavy atom. The lowest BCUT2D eigenvalue weighted by molar-refractivity contribution is -0.188. The molecule has 0 N–H and O–H groups in total. The quantitative estimate of drug-likeness (QED) is 0.719. The van der Waals surface area contributed by atoms with E-state index in [-0.39, 0.29) is 17.4 Å². The Hall–Kier alpha value is -1.38. The predicted octanol–water partition coefficient (Wildman–Crippen LogP) is 1.20. The maximum absolute atomic E-state index is 13.0. The average molecular weight is 379 g/mol. The molecule has 0 aromatic carbocycles. The first-order valence-electron chi connectivity index (χ1n) is 9.33. The van der Waals surface area contributed by atoms with Crippen molar-refractivity contribution in [3.63, 3.8) is 0 Å². The number of hydrogen-bond acceptors (Lipinski definition) is 6. The van der Waals surface area contributed by atoms with Crippen molar-refractivity contribution in [3.8, 4) is 0 Å². The summed E-state index contributed by atoms with van der Waals surface area (Å²) in [7, 11) is 0. The van der Waals surface area contributed by atoms with Gasteiger partial charge in [-0.05, 0) is 13.3 Å². The van der Waals surface area contributed by atoms with E-state index >= 15 is 0 Å². The van der Waals surface area contributed by atoms with Crippen LogP contribution in [0.3, 0.4) is 0 Å². The molecule has 3 aliphatic heterocycles. The molecule has 1 atom stereocenters. The van der Waals surface area contributed by atoms with E-state index in [2.05, 4.69) is 4.98 Å². The third-order valence-corrected chi connectivity index (χ3v) is 6.74. The van der Waals surface area contributed by atoms with Crippen LogP contribution in [0.1, 0.15) is 31.0 Å². The molecule has 0 bridgehead atoms. The molecule has 0 unspecified atom stereocenters. The number of ether oxygens (including phenoxy) is 2. The number of thioether (sulfide) groups is 1. The van der Waals surface area contributed by atoms with Crippen LogP contribution in [0.15, 0.2) is 9.95 Å². The lowest BCUT2D eigenvalue weighted by Gasteiger charge is -2.39. The maximum Gasteiger partial charge on any atom is 0.257 e. The Labute approximate surface area is 157 Å². The molecular weight excluding hydrogens is 354 g/mol. The van der Waals surface area contributed by atoms with E-state index < -0.39 is 5.79 Å². The molecule has 8 heteroatoms. The Balaban J connectivity index is 1.47. The van der Waals surface area contributed by atoms with E-state index in [4.69, 9.17) is 9.47 Å². The van der Waals surface area contributed by atoms with Gasteiger partial charge in [0.25, 0.3) is 5.56 Å². The number of aryl methyl sites for hydroxylation is 1. The molecule has 0 saturated carbocycles. The average Bonchev–Trinajstić information content (AvgIpc) is 3.10. The summed E-state index contributed by atoms with van der Waals surface area (Å²) in [5.74, 6) is 0.143. The van der Waals surface area contributed by atoms with Gasteiger partial charge in [0, 0.05) is 49.5 Å². The highest BCUT2D eigenvalue weighted by atomic mass is 32.2. The molecular formula is C18H25N3O4S. The third-order valence-electron chi connectivity index (χ3n) is 5.60. The summed E-state index contributed by atoms with van der Waals surface area (Å²) in [4.78, 5) is 32.2. The lowest BCUT2D eigenvalue weighted by atomic mass is 10.0. The summed E-state index contributed by atoms with van der Waals surface area (Å²) in [6.07, 6.45) is 2.10. The van der Waals surface area contributed by atoms with Crippen molar-refractivity contribution in [2.45, 2.75) is 50.6 Å². The summed E-state index contributed by atoms with van der Waals surface area (Å²) in [6, 6.07) is 0. The van der Waals surface area contributed by atoms with Gasteiger partial charge in [-0.25, -0.2) is 4.98 Å². The molecule has 1 amide bonds. The van der Waals surface area contributed by atoms with E-state index in [0.29, 0.717) is 45.0 Å². The number of fused-ring (bicyclic) bond motifs is 1. The van der Waals surface area contributed by atoms with Gasteiger partial charge in [0.2, 0.25) is 5.91 Å². The van der Waals surface area contributed by atoms with Crippen LogP contribution in [-0.4, -0.2) is 58.2 Å². The molecule has 4 heterocycles. The van der Waals surface area contributed by atoms with Crippen LogP contribution in [0.25, 0.3) is 0 Å². The monoisotopic (exact) mass is 379 g/mol. The number of likely N-dealkylation sites (tertiary alicyclic amines) is 1. The fourth-order valence-electron chi connectivity index (χ4n) is 4.06. The molecule has 26 heavy (non-hydrogen) atoms. The molecule has 0 aliphatic carbocycles. The van der Waals surface area contributed by atoms with Crippen molar-refractivity contribution >= 4 is 17.7 Å². The highest BCUT2D eigenvalue weighted by Crippen LogP contribution is 2.33. The smallest absolute Gasteiger partial charge is 0.257 e. The van der Waals surface area contributed by atoms with Crippen LogP contribution >= 0.6 is 11.8 Å². The van der Waals surface area contributed by atoms with Gasteiger partial charge in [-0.1, -0.05) is 18.7 Å². The summed E-state index contributed by atoms with van der Waals surface area (Å²) in [6.45, 7) is 6.85. The first kappa shape index (κ1) is 18.0. The van der Waals surface area contributed by atoms with Crippen LogP contribution in [0.5, 0.6) is 0 Å². The Bertz CT molecular complexity index is 762. The maximum atomic E-state index is 13.0. The van der Waals surface area contributed by atoms with Gasteiger partial charge in [0.1, 0.15) is 0 Å². The summed E-state index contributed by atoms with van der Waals surface area (Å²) < 4.78 is 13.2. The molecule has 1 aromatic rings. The Kier molecular flexibility index (Phi) is 4.83. The van der Waals surface area contributed by atoms with E-state index in [9.17, 15) is 9.59 Å². The molecule has 3 aliphatic rings. The van der Waals surface area contributed by atoms with Gasteiger partial charge in [-0.3, -0.25) is 14.2 Å². The predicted molar refractivity (Wildman–Crippen MR) is 97.3 cm³/mol. The molecule has 7 nitrogen and oxygen atoms in total. The summed E-state index contributed by atoms with van der Waals surface area (Å²) in [5, 5.41) is 0.735. The Morgan fingerprint density at radius 1 is 1.31 bits per heavy atom. The highest BCUT2D eigenvalue weighted by Gasteiger charge is 2.42. The SMILES string of the molecule is CCc1c(C)nc2n(c1=O)C[C@@H](C(=O)N1CCC3(CC1)OCCO3)CS2. The van der Waals surface area contributed by atoms with Gasteiger partial charge in [-0.15, -0.1) is 0 Å². The topological polar surface area (TPSA) is 73.7 Å². The molecule has 2 saturated heterocycles. The number of rotatable bonds is 2. The van der Waals surface area contributed by atoms with Gasteiger partial charge < -0.3 is 14.4 Å². The van der Waals surface area contributed by atoms with Crippen LogP contribution in [-0.2, 0) is 27.2 Å². The number of carbonyl (C=O) groups excluding carboxylic acids is 1. The van der Waals surface area contributed by atoms with Crippen LogP contribution in [0.4, 0.5) is 0 Å². The second-order valence-electron chi connectivity index (χ2n) is 7.17. The van der Waals surface area contributed by atoms with Crippen molar-refractivity contribution < 1.29 is 14.3 Å². The molecule has 2 fully saturated rings. The zero-order valence-corrected chi connectivity index (χ0v) is 16.1. The third kappa shape index (κ3) is 3.08. The van der Waals surface area contributed by atoms with Crippen LogP contribution in [0.2, 0.25) is 0 Å². The van der Waals surface area contributed by atoms with E-state index in [1.807, 2.05) is 18.7 Å². The molecule has 0 radical (unpaired) electrons. The van der Waals surface area contributed by atoms with E-state index in [0.717, 1.165) is 29.3 Å². The summed E-state index contributed by atoms with van der Waals surface area (Å²) >= 11 is 1.51. The van der Waals surface area contributed by atoms with Crippen molar-refractivity contribution in [2.24, 2.45) is 5.92 Å². The highest BCUT2D eigenvalue weighted by molar-refractivity contribution is 7.99. The minimum absolute atomic E-state index is 0.00496. The Morgan fingerprint density at radius 3 is 2.65 bits per heavy atom. The number of carbonyl (C=O) groups is 1. The van der Waals surface area contributed by atoms with Gasteiger partial charge in [0.15, 0.2) is 10.9 Å². The number of hydrogen-bond donors (Lipinski definition) is 0. The second kappa shape index (κ2) is 6.98. The number of amides is 1. The van der Waals surface area contributed by atoms with Gasteiger partial charge in [0.05, 0.1) is 19.1 Å². The van der Waals surface area contributed by atoms with Crippen molar-refractivity contribution in [1.29, 1.82) is 0 Å². The van der Waals surface area contributed by atoms with E-state index in [1.165, 1.54) is 11.8 Å². The largest absolute Gasteiger partial charge is 0.347 e. The number of nitrogens with zero attached hydrogens (tertiary/aromatic N) is 3.